The standard InChI is InChI=1S/C11H12Br2N2S/c1-2-4-16-5-3-14-8-11-10(13)6-9(12)7-15-11/h1,6-7,14H,3-5,8H2. The topological polar surface area (TPSA) is 24.9 Å². The number of aromatic nitrogens is 1. The highest BCUT2D eigenvalue weighted by Gasteiger charge is 2.01. The van der Waals surface area contributed by atoms with E-state index in [1.54, 1.807) is 18.0 Å². The van der Waals surface area contributed by atoms with E-state index >= 15 is 0 Å². The lowest BCUT2D eigenvalue weighted by atomic mass is 10.3. The molecule has 16 heavy (non-hydrogen) atoms. The van der Waals surface area contributed by atoms with Crippen LogP contribution in [0.2, 0.25) is 0 Å². The molecule has 0 aliphatic rings. The molecule has 1 aromatic heterocycles. The molecule has 0 radical (unpaired) electrons. The van der Waals surface area contributed by atoms with Crippen LogP contribution < -0.4 is 5.32 Å². The Kier molecular flexibility index (Phi) is 7.13. The van der Waals surface area contributed by atoms with Gasteiger partial charge in [0.25, 0.3) is 0 Å². The Hall–Kier alpha value is -0.0200. The van der Waals surface area contributed by atoms with E-state index < -0.39 is 0 Å². The van der Waals surface area contributed by atoms with Crippen molar-refractivity contribution in [1.29, 1.82) is 0 Å². The molecule has 0 aromatic carbocycles. The van der Waals surface area contributed by atoms with E-state index in [0.717, 1.165) is 39.2 Å². The predicted octanol–water partition coefficient (Wildman–Crippen LogP) is 3.06. The van der Waals surface area contributed by atoms with E-state index in [9.17, 15) is 0 Å². The Morgan fingerprint density at radius 1 is 1.50 bits per heavy atom. The van der Waals surface area contributed by atoms with Gasteiger partial charge in [-0.15, -0.1) is 18.2 Å². The van der Waals surface area contributed by atoms with Gasteiger partial charge >= 0.3 is 0 Å². The first-order chi connectivity index (χ1) is 7.74. The number of thioether (sulfide) groups is 1. The lowest BCUT2D eigenvalue weighted by Gasteiger charge is -2.05. The third-order valence-corrected chi connectivity index (χ3v) is 3.77. The quantitative estimate of drug-likeness (QED) is 0.621. The van der Waals surface area contributed by atoms with Crippen molar-refractivity contribution in [1.82, 2.24) is 10.3 Å². The summed E-state index contributed by atoms with van der Waals surface area (Å²) in [6, 6.07) is 2.00. The molecule has 0 aliphatic heterocycles. The summed E-state index contributed by atoms with van der Waals surface area (Å²) in [5.41, 5.74) is 1.02. The third kappa shape index (κ3) is 5.35. The molecule has 0 atom stereocenters. The minimum absolute atomic E-state index is 0.768. The number of hydrogen-bond acceptors (Lipinski definition) is 3. The molecular weight excluding hydrogens is 352 g/mol. The maximum Gasteiger partial charge on any atom is 0.0684 e. The third-order valence-electron chi connectivity index (χ3n) is 1.79. The van der Waals surface area contributed by atoms with Crippen LogP contribution in [0.5, 0.6) is 0 Å². The van der Waals surface area contributed by atoms with Gasteiger partial charge in [-0.2, -0.15) is 0 Å². The first kappa shape index (κ1) is 14.0. The Balaban J connectivity index is 2.25. The minimum Gasteiger partial charge on any atom is -0.310 e. The summed E-state index contributed by atoms with van der Waals surface area (Å²) < 4.78 is 2.00. The van der Waals surface area contributed by atoms with Gasteiger partial charge in [0.1, 0.15) is 0 Å². The minimum atomic E-state index is 0.768. The normalized spacial score (nSPS) is 10.1. The first-order valence-electron chi connectivity index (χ1n) is 4.76. The highest BCUT2D eigenvalue weighted by molar-refractivity contribution is 9.11. The van der Waals surface area contributed by atoms with E-state index in [2.05, 4.69) is 48.1 Å². The van der Waals surface area contributed by atoms with Crippen LogP contribution >= 0.6 is 43.6 Å². The van der Waals surface area contributed by atoms with Gasteiger partial charge < -0.3 is 5.32 Å². The number of nitrogens with zero attached hydrogens (tertiary/aromatic N) is 1. The van der Waals surface area contributed by atoms with Crippen LogP contribution in [0.1, 0.15) is 5.69 Å². The molecule has 0 amide bonds. The summed E-state index contributed by atoms with van der Waals surface area (Å²) >= 11 is 8.61. The van der Waals surface area contributed by atoms with Gasteiger partial charge in [-0.3, -0.25) is 4.98 Å². The Morgan fingerprint density at radius 3 is 3.00 bits per heavy atom. The van der Waals surface area contributed by atoms with E-state index in [1.165, 1.54) is 0 Å². The number of hydrogen-bond donors (Lipinski definition) is 1. The first-order valence-corrected chi connectivity index (χ1v) is 7.50. The van der Waals surface area contributed by atoms with Gasteiger partial charge in [-0.25, -0.2) is 0 Å². The Morgan fingerprint density at radius 2 is 2.31 bits per heavy atom. The SMILES string of the molecule is C#CCSCCNCc1ncc(Br)cc1Br. The van der Waals surface area contributed by atoms with Crippen molar-refractivity contribution < 1.29 is 0 Å². The van der Waals surface area contributed by atoms with Crippen molar-refractivity contribution in [2.75, 3.05) is 18.1 Å². The number of pyridine rings is 1. The summed E-state index contributed by atoms with van der Waals surface area (Å²) in [5, 5.41) is 3.32. The molecule has 0 aliphatic carbocycles. The fraction of sp³-hybridized carbons (Fsp3) is 0.364. The molecule has 0 fully saturated rings. The zero-order chi connectivity index (χ0) is 11.8. The molecule has 1 N–H and O–H groups in total. The molecule has 5 heteroatoms. The van der Waals surface area contributed by atoms with E-state index in [-0.39, 0.29) is 0 Å². The fourth-order valence-corrected chi connectivity index (χ4v) is 2.73. The number of rotatable bonds is 6. The van der Waals surface area contributed by atoms with Crippen LogP contribution in [-0.4, -0.2) is 23.0 Å². The van der Waals surface area contributed by atoms with Crippen molar-refractivity contribution in [2.45, 2.75) is 6.54 Å². The highest BCUT2D eigenvalue weighted by atomic mass is 79.9. The molecule has 2 nitrogen and oxygen atoms in total. The van der Waals surface area contributed by atoms with Crippen molar-refractivity contribution in [3.8, 4) is 12.3 Å². The van der Waals surface area contributed by atoms with Gasteiger partial charge in [0.15, 0.2) is 0 Å². The Bertz CT molecular complexity index is 377. The summed E-state index contributed by atoms with van der Waals surface area (Å²) in [7, 11) is 0. The Labute approximate surface area is 117 Å². The number of nitrogens with one attached hydrogen (secondary N) is 1. The van der Waals surface area contributed by atoms with Gasteiger partial charge in [0.05, 0.1) is 11.4 Å². The van der Waals surface area contributed by atoms with Crippen LogP contribution in [0.4, 0.5) is 0 Å². The molecule has 0 saturated carbocycles. The average Bonchev–Trinajstić information content (AvgIpc) is 2.26. The van der Waals surface area contributed by atoms with Crippen LogP contribution in [0.15, 0.2) is 21.2 Å². The smallest absolute Gasteiger partial charge is 0.0684 e. The van der Waals surface area contributed by atoms with Crippen molar-refractivity contribution in [3.63, 3.8) is 0 Å². The average molecular weight is 364 g/mol. The van der Waals surface area contributed by atoms with Crippen LogP contribution in [-0.2, 0) is 6.54 Å². The van der Waals surface area contributed by atoms with Gasteiger partial charge in [0, 0.05) is 34.0 Å². The predicted molar refractivity (Wildman–Crippen MR) is 77.5 cm³/mol. The molecule has 0 saturated heterocycles. The van der Waals surface area contributed by atoms with Crippen molar-refractivity contribution in [2.24, 2.45) is 0 Å². The molecule has 0 bridgehead atoms. The van der Waals surface area contributed by atoms with E-state index in [4.69, 9.17) is 6.42 Å². The van der Waals surface area contributed by atoms with Gasteiger partial charge in [-0.05, 0) is 37.9 Å². The molecule has 1 heterocycles. The van der Waals surface area contributed by atoms with Crippen molar-refractivity contribution >= 4 is 43.6 Å². The second kappa shape index (κ2) is 8.13. The number of halogens is 2. The summed E-state index contributed by atoms with van der Waals surface area (Å²) in [6.07, 6.45) is 6.96. The monoisotopic (exact) mass is 362 g/mol. The maximum atomic E-state index is 5.16. The van der Waals surface area contributed by atoms with Crippen LogP contribution in [0, 0.1) is 12.3 Å². The summed E-state index contributed by atoms with van der Waals surface area (Å²) in [6.45, 7) is 1.71. The summed E-state index contributed by atoms with van der Waals surface area (Å²) in [4.78, 5) is 4.32. The van der Waals surface area contributed by atoms with Gasteiger partial charge in [0.2, 0.25) is 0 Å². The number of terminal acetylenes is 1. The molecule has 0 spiro atoms. The van der Waals surface area contributed by atoms with Crippen molar-refractivity contribution in [3.05, 3.63) is 26.9 Å². The summed E-state index contributed by atoms with van der Waals surface area (Å²) in [5.74, 6) is 4.41. The maximum absolute atomic E-state index is 5.16. The highest BCUT2D eigenvalue weighted by Crippen LogP contribution is 2.19. The molecule has 1 rings (SSSR count). The van der Waals surface area contributed by atoms with E-state index in [1.807, 2.05) is 6.07 Å². The van der Waals surface area contributed by atoms with Crippen LogP contribution in [0.3, 0.4) is 0 Å². The zero-order valence-electron chi connectivity index (χ0n) is 8.67. The molecule has 1 aromatic rings. The second-order valence-corrected chi connectivity index (χ2v) is 5.89. The lowest BCUT2D eigenvalue weighted by molar-refractivity contribution is 0.712. The van der Waals surface area contributed by atoms with Gasteiger partial charge in [-0.1, -0.05) is 5.92 Å². The zero-order valence-corrected chi connectivity index (χ0v) is 12.7. The van der Waals surface area contributed by atoms with E-state index in [0.29, 0.717) is 0 Å². The molecule has 86 valence electrons. The largest absolute Gasteiger partial charge is 0.310 e. The second-order valence-electron chi connectivity index (χ2n) is 3.02. The van der Waals surface area contributed by atoms with Crippen LogP contribution in [0.25, 0.3) is 0 Å². The molecule has 0 unspecified atom stereocenters. The molecular formula is C11H12Br2N2S. The lowest BCUT2D eigenvalue weighted by Crippen LogP contribution is -2.17. The fourth-order valence-electron chi connectivity index (χ4n) is 1.06.